The van der Waals surface area contributed by atoms with Crippen molar-refractivity contribution in [1.29, 1.82) is 0 Å². The van der Waals surface area contributed by atoms with Crippen molar-refractivity contribution < 1.29 is 0 Å². The second-order valence-corrected chi connectivity index (χ2v) is 7.44. The average molecular weight is 293 g/mol. The van der Waals surface area contributed by atoms with Gasteiger partial charge in [-0.3, -0.25) is 0 Å². The van der Waals surface area contributed by atoms with Gasteiger partial charge in [-0.15, -0.1) is 11.3 Å². The van der Waals surface area contributed by atoms with Crippen LogP contribution in [0.5, 0.6) is 0 Å². The lowest BCUT2D eigenvalue weighted by Crippen LogP contribution is -2.23. The normalized spacial score (nSPS) is 23.9. The lowest BCUT2D eigenvalue weighted by molar-refractivity contribution is 0.521. The Hall–Kier alpha value is -0.610. The number of nitrogens with zero attached hydrogens (tertiary/aromatic N) is 2. The number of hydrogen-bond donors (Lipinski definition) is 1. The van der Waals surface area contributed by atoms with Crippen molar-refractivity contribution in [3.05, 3.63) is 10.6 Å². The van der Waals surface area contributed by atoms with Crippen LogP contribution in [-0.4, -0.2) is 24.6 Å². The lowest BCUT2D eigenvalue weighted by atomic mass is 10.0. The Morgan fingerprint density at radius 3 is 2.85 bits per heavy atom. The highest BCUT2D eigenvalue weighted by atomic mass is 32.1. The van der Waals surface area contributed by atoms with Crippen molar-refractivity contribution >= 4 is 16.5 Å². The Morgan fingerprint density at radius 2 is 2.10 bits per heavy atom. The van der Waals surface area contributed by atoms with Gasteiger partial charge in [0.1, 0.15) is 0 Å². The van der Waals surface area contributed by atoms with Gasteiger partial charge in [0, 0.05) is 30.4 Å². The van der Waals surface area contributed by atoms with Crippen LogP contribution in [0.4, 0.5) is 5.13 Å². The molecule has 0 bridgehead atoms. The van der Waals surface area contributed by atoms with Crippen LogP contribution in [-0.2, 0) is 6.54 Å². The topological polar surface area (TPSA) is 28.2 Å². The minimum absolute atomic E-state index is 0.763. The summed E-state index contributed by atoms with van der Waals surface area (Å²) in [4.78, 5) is 9.04. The molecule has 3 nitrogen and oxygen atoms in total. The molecular weight excluding hydrogens is 266 g/mol. The first-order chi connectivity index (χ1) is 9.78. The molecule has 1 aliphatic heterocycles. The molecule has 1 saturated heterocycles. The number of hydrogen-bond acceptors (Lipinski definition) is 4. The molecule has 112 valence electrons. The Labute approximate surface area is 126 Å². The summed E-state index contributed by atoms with van der Waals surface area (Å²) in [6.45, 7) is 9.00. The lowest BCUT2D eigenvalue weighted by Gasteiger charge is -2.18. The zero-order chi connectivity index (χ0) is 13.9. The van der Waals surface area contributed by atoms with Crippen LogP contribution < -0.4 is 10.2 Å². The molecule has 1 aliphatic carbocycles. The molecule has 2 aliphatic rings. The zero-order valence-corrected chi connectivity index (χ0v) is 13.6. The maximum Gasteiger partial charge on any atom is 0.185 e. The van der Waals surface area contributed by atoms with Gasteiger partial charge < -0.3 is 10.2 Å². The first kappa shape index (κ1) is 14.3. The molecule has 3 rings (SSSR count). The number of rotatable bonds is 5. The molecule has 2 heterocycles. The van der Waals surface area contributed by atoms with Gasteiger partial charge >= 0.3 is 0 Å². The number of anilines is 1. The molecule has 1 aromatic rings. The van der Waals surface area contributed by atoms with Crippen LogP contribution >= 0.6 is 11.3 Å². The molecule has 1 aromatic heterocycles. The van der Waals surface area contributed by atoms with E-state index in [1.54, 1.807) is 0 Å². The number of nitrogens with one attached hydrogen (secondary N) is 1. The second kappa shape index (κ2) is 6.44. The van der Waals surface area contributed by atoms with Crippen LogP contribution in [0.25, 0.3) is 0 Å². The predicted molar refractivity (Wildman–Crippen MR) is 86.7 cm³/mol. The minimum atomic E-state index is 0.763. The fourth-order valence-corrected chi connectivity index (χ4v) is 4.15. The molecule has 0 spiro atoms. The summed E-state index contributed by atoms with van der Waals surface area (Å²) in [7, 11) is 0. The predicted octanol–water partition coefficient (Wildman–Crippen LogP) is 3.76. The Morgan fingerprint density at radius 1 is 1.25 bits per heavy atom. The van der Waals surface area contributed by atoms with E-state index in [4.69, 9.17) is 4.98 Å². The fourth-order valence-electron chi connectivity index (χ4n) is 2.98. The third-order valence-corrected chi connectivity index (χ3v) is 5.64. The summed E-state index contributed by atoms with van der Waals surface area (Å²) in [6.07, 6.45) is 6.71. The monoisotopic (exact) mass is 293 g/mol. The van der Waals surface area contributed by atoms with Crippen LogP contribution in [0.1, 0.15) is 62.4 Å². The Balaban J connectivity index is 1.75. The van der Waals surface area contributed by atoms with E-state index in [0.29, 0.717) is 0 Å². The summed E-state index contributed by atoms with van der Waals surface area (Å²) in [6, 6.07) is 0. The van der Waals surface area contributed by atoms with E-state index in [2.05, 4.69) is 24.1 Å². The SMILES string of the molecule is CCNCc1sc(N2CCCC(C)CC2)nc1C1CC1. The fraction of sp³-hybridized carbons (Fsp3) is 0.812. The summed E-state index contributed by atoms with van der Waals surface area (Å²) < 4.78 is 0. The van der Waals surface area contributed by atoms with Gasteiger partial charge in [-0.2, -0.15) is 0 Å². The number of thiazole rings is 1. The van der Waals surface area contributed by atoms with Crippen LogP contribution in [0, 0.1) is 5.92 Å². The molecule has 0 aromatic carbocycles. The van der Waals surface area contributed by atoms with E-state index in [-0.39, 0.29) is 0 Å². The summed E-state index contributed by atoms with van der Waals surface area (Å²) in [5, 5.41) is 4.76. The van der Waals surface area contributed by atoms with Gasteiger partial charge in [0.25, 0.3) is 0 Å². The van der Waals surface area contributed by atoms with E-state index < -0.39 is 0 Å². The molecule has 1 atom stereocenters. The van der Waals surface area contributed by atoms with Gasteiger partial charge in [0.2, 0.25) is 0 Å². The summed E-state index contributed by atoms with van der Waals surface area (Å²) in [5.41, 5.74) is 1.41. The molecule has 4 heteroatoms. The standard InChI is InChI=1S/C16H27N3S/c1-3-17-11-14-15(13-6-7-13)18-16(20-14)19-9-4-5-12(2)8-10-19/h12-13,17H,3-11H2,1-2H3. The molecule has 2 fully saturated rings. The van der Waals surface area contributed by atoms with E-state index in [1.807, 2.05) is 11.3 Å². The second-order valence-electron chi connectivity index (χ2n) is 6.38. The van der Waals surface area contributed by atoms with E-state index >= 15 is 0 Å². The molecule has 0 radical (unpaired) electrons. The highest BCUT2D eigenvalue weighted by molar-refractivity contribution is 7.15. The smallest absolute Gasteiger partial charge is 0.185 e. The van der Waals surface area contributed by atoms with Crippen molar-refractivity contribution in [2.75, 3.05) is 24.5 Å². The summed E-state index contributed by atoms with van der Waals surface area (Å²) >= 11 is 1.94. The Bertz CT molecular complexity index is 439. The van der Waals surface area contributed by atoms with E-state index in [9.17, 15) is 0 Å². The van der Waals surface area contributed by atoms with E-state index in [1.165, 1.54) is 60.9 Å². The highest BCUT2D eigenvalue weighted by Crippen LogP contribution is 2.44. The quantitative estimate of drug-likeness (QED) is 0.896. The van der Waals surface area contributed by atoms with Crippen molar-refractivity contribution in [3.63, 3.8) is 0 Å². The molecular formula is C16H27N3S. The minimum Gasteiger partial charge on any atom is -0.348 e. The number of aromatic nitrogens is 1. The average Bonchev–Trinajstić information content (AvgIpc) is 3.23. The largest absolute Gasteiger partial charge is 0.348 e. The third-order valence-electron chi connectivity index (χ3n) is 4.50. The van der Waals surface area contributed by atoms with Crippen molar-refractivity contribution in [2.24, 2.45) is 5.92 Å². The van der Waals surface area contributed by atoms with Crippen LogP contribution in [0.2, 0.25) is 0 Å². The van der Waals surface area contributed by atoms with Gasteiger partial charge in [-0.05, 0) is 44.6 Å². The molecule has 1 N–H and O–H groups in total. The van der Waals surface area contributed by atoms with E-state index in [0.717, 1.165) is 24.9 Å². The van der Waals surface area contributed by atoms with Gasteiger partial charge in [0.05, 0.1) is 5.69 Å². The van der Waals surface area contributed by atoms with Crippen LogP contribution in [0.3, 0.4) is 0 Å². The molecule has 1 saturated carbocycles. The first-order valence-electron chi connectivity index (χ1n) is 8.23. The molecule has 1 unspecified atom stereocenters. The van der Waals surface area contributed by atoms with Gasteiger partial charge in [-0.25, -0.2) is 4.98 Å². The first-order valence-corrected chi connectivity index (χ1v) is 9.04. The molecule has 20 heavy (non-hydrogen) atoms. The summed E-state index contributed by atoms with van der Waals surface area (Å²) in [5.74, 6) is 1.64. The Kier molecular flexibility index (Phi) is 4.61. The molecule has 0 amide bonds. The maximum atomic E-state index is 5.02. The zero-order valence-electron chi connectivity index (χ0n) is 12.8. The van der Waals surface area contributed by atoms with Gasteiger partial charge in [0.15, 0.2) is 5.13 Å². The van der Waals surface area contributed by atoms with Crippen molar-refractivity contribution in [3.8, 4) is 0 Å². The van der Waals surface area contributed by atoms with Gasteiger partial charge in [-0.1, -0.05) is 13.8 Å². The highest BCUT2D eigenvalue weighted by Gasteiger charge is 2.30. The maximum absolute atomic E-state index is 5.02. The van der Waals surface area contributed by atoms with Crippen molar-refractivity contribution in [1.82, 2.24) is 10.3 Å². The van der Waals surface area contributed by atoms with Crippen LogP contribution in [0.15, 0.2) is 0 Å². The van der Waals surface area contributed by atoms with Crippen molar-refractivity contribution in [2.45, 2.75) is 58.4 Å². The third kappa shape index (κ3) is 3.34.